The smallest absolute Gasteiger partial charge is 0.112 e. The highest BCUT2D eigenvalue weighted by Crippen LogP contribution is 2.33. The van der Waals surface area contributed by atoms with Crippen LogP contribution in [0.15, 0.2) is 24.3 Å². The second-order valence-electron chi connectivity index (χ2n) is 5.82. The van der Waals surface area contributed by atoms with E-state index in [1.54, 1.807) is 0 Å². The molecule has 2 aromatic rings. The molecule has 2 nitrogen and oxygen atoms in total. The van der Waals surface area contributed by atoms with E-state index in [4.69, 9.17) is 4.98 Å². The van der Waals surface area contributed by atoms with Crippen LogP contribution in [0.25, 0.3) is 11.3 Å². The van der Waals surface area contributed by atoms with Gasteiger partial charge in [0.05, 0.1) is 5.69 Å². The zero-order chi connectivity index (χ0) is 12.0. The summed E-state index contributed by atoms with van der Waals surface area (Å²) in [4.78, 5) is 8.31. The van der Waals surface area contributed by atoms with E-state index in [1.807, 2.05) is 0 Å². The Balaban J connectivity index is 2.17. The van der Waals surface area contributed by atoms with Crippen molar-refractivity contribution in [1.82, 2.24) is 9.97 Å². The summed E-state index contributed by atoms with van der Waals surface area (Å²) in [7, 11) is 0. The van der Waals surface area contributed by atoms with Crippen molar-refractivity contribution in [1.29, 1.82) is 0 Å². The van der Waals surface area contributed by atoms with Crippen LogP contribution in [0.3, 0.4) is 0 Å². The molecular weight excluding hydrogens is 208 g/mol. The molecule has 1 aliphatic rings. The molecule has 1 heterocycles. The molecule has 0 radical (unpaired) electrons. The van der Waals surface area contributed by atoms with Gasteiger partial charge in [-0.2, -0.15) is 0 Å². The van der Waals surface area contributed by atoms with Crippen molar-refractivity contribution < 1.29 is 0 Å². The van der Waals surface area contributed by atoms with Crippen molar-refractivity contribution in [3.8, 4) is 11.3 Å². The van der Waals surface area contributed by atoms with Gasteiger partial charge in [-0.3, -0.25) is 0 Å². The minimum absolute atomic E-state index is 0.0896. The summed E-state index contributed by atoms with van der Waals surface area (Å²) >= 11 is 0. The molecule has 2 heteroatoms. The standard InChI is InChI=1S/C15H18N2/c1-15(2,3)14-16-12-9-8-10-6-4-5-7-11(10)13(12)17-14/h4-7H,8-9H2,1-3H3,(H,16,17). The molecule has 0 saturated carbocycles. The summed E-state index contributed by atoms with van der Waals surface area (Å²) in [6, 6.07) is 8.60. The lowest BCUT2D eigenvalue weighted by atomic mass is 9.93. The molecule has 3 rings (SSSR count). The first-order chi connectivity index (χ1) is 8.05. The number of rotatable bonds is 0. The molecule has 0 unspecified atom stereocenters. The van der Waals surface area contributed by atoms with Gasteiger partial charge in [0.25, 0.3) is 0 Å². The van der Waals surface area contributed by atoms with Crippen molar-refractivity contribution >= 4 is 0 Å². The summed E-state index contributed by atoms with van der Waals surface area (Å²) in [6.45, 7) is 6.59. The number of H-pyrrole nitrogens is 1. The number of aryl methyl sites for hydroxylation is 2. The number of benzene rings is 1. The fourth-order valence-electron chi connectivity index (χ4n) is 2.40. The lowest BCUT2D eigenvalue weighted by Crippen LogP contribution is -2.13. The fraction of sp³-hybridized carbons (Fsp3) is 0.400. The zero-order valence-electron chi connectivity index (χ0n) is 10.7. The van der Waals surface area contributed by atoms with Gasteiger partial charge in [-0.25, -0.2) is 4.98 Å². The minimum Gasteiger partial charge on any atom is -0.345 e. The number of hydrogen-bond donors (Lipinski definition) is 1. The summed E-state index contributed by atoms with van der Waals surface area (Å²) < 4.78 is 0. The maximum Gasteiger partial charge on any atom is 0.112 e. The average molecular weight is 226 g/mol. The third-order valence-electron chi connectivity index (χ3n) is 3.41. The quantitative estimate of drug-likeness (QED) is 0.732. The first-order valence-electron chi connectivity index (χ1n) is 6.23. The number of hydrogen-bond acceptors (Lipinski definition) is 1. The van der Waals surface area contributed by atoms with E-state index in [9.17, 15) is 0 Å². The van der Waals surface area contributed by atoms with Crippen LogP contribution in [0.4, 0.5) is 0 Å². The number of aromatic nitrogens is 2. The normalized spacial score (nSPS) is 14.3. The first kappa shape index (κ1) is 10.6. The summed E-state index contributed by atoms with van der Waals surface area (Å²) in [5, 5.41) is 0. The van der Waals surface area contributed by atoms with Gasteiger partial charge in [-0.15, -0.1) is 0 Å². The van der Waals surface area contributed by atoms with Gasteiger partial charge < -0.3 is 4.98 Å². The van der Waals surface area contributed by atoms with Crippen molar-refractivity contribution in [2.45, 2.75) is 39.0 Å². The molecular formula is C15H18N2. The molecule has 17 heavy (non-hydrogen) atoms. The van der Waals surface area contributed by atoms with Crippen molar-refractivity contribution in [2.75, 3.05) is 0 Å². The van der Waals surface area contributed by atoms with Gasteiger partial charge >= 0.3 is 0 Å². The average Bonchev–Trinajstić information content (AvgIpc) is 2.72. The molecule has 0 bridgehead atoms. The van der Waals surface area contributed by atoms with Crippen LogP contribution in [0.1, 0.15) is 37.9 Å². The van der Waals surface area contributed by atoms with E-state index in [1.165, 1.54) is 16.8 Å². The van der Waals surface area contributed by atoms with Gasteiger partial charge in [0.2, 0.25) is 0 Å². The SMILES string of the molecule is CC(C)(C)c1nc2c([nH]1)CCc1ccccc1-2. The Kier molecular flexibility index (Phi) is 2.15. The number of imidazole rings is 1. The Morgan fingerprint density at radius 2 is 1.88 bits per heavy atom. The molecule has 1 aromatic heterocycles. The van der Waals surface area contributed by atoms with Gasteiger partial charge in [0.1, 0.15) is 5.82 Å². The third-order valence-corrected chi connectivity index (χ3v) is 3.41. The summed E-state index contributed by atoms with van der Waals surface area (Å²) in [5.41, 5.74) is 5.28. The number of nitrogens with one attached hydrogen (secondary N) is 1. The van der Waals surface area contributed by atoms with Crippen LogP contribution in [-0.2, 0) is 18.3 Å². The molecule has 0 amide bonds. The maximum atomic E-state index is 4.81. The summed E-state index contributed by atoms with van der Waals surface area (Å²) in [5.74, 6) is 1.10. The topological polar surface area (TPSA) is 28.7 Å². The Labute approximate surface area is 102 Å². The second kappa shape index (κ2) is 3.46. The fourth-order valence-corrected chi connectivity index (χ4v) is 2.40. The molecule has 0 fully saturated rings. The van der Waals surface area contributed by atoms with E-state index in [2.05, 4.69) is 50.0 Å². The highest BCUT2D eigenvalue weighted by atomic mass is 15.0. The molecule has 0 spiro atoms. The second-order valence-corrected chi connectivity index (χ2v) is 5.82. The van der Waals surface area contributed by atoms with Crippen LogP contribution in [0.2, 0.25) is 0 Å². The van der Waals surface area contributed by atoms with Crippen LogP contribution in [0, 0.1) is 0 Å². The van der Waals surface area contributed by atoms with E-state index < -0.39 is 0 Å². The largest absolute Gasteiger partial charge is 0.345 e. The Morgan fingerprint density at radius 3 is 2.65 bits per heavy atom. The Morgan fingerprint density at radius 1 is 1.12 bits per heavy atom. The van der Waals surface area contributed by atoms with Gasteiger partial charge in [-0.05, 0) is 18.4 Å². The van der Waals surface area contributed by atoms with Crippen LogP contribution in [-0.4, -0.2) is 9.97 Å². The van der Waals surface area contributed by atoms with Gasteiger partial charge in [-0.1, -0.05) is 45.0 Å². The highest BCUT2D eigenvalue weighted by molar-refractivity contribution is 5.68. The predicted molar refractivity (Wildman–Crippen MR) is 70.1 cm³/mol. The van der Waals surface area contributed by atoms with E-state index in [-0.39, 0.29) is 5.41 Å². The lowest BCUT2D eigenvalue weighted by Gasteiger charge is -2.14. The number of aromatic amines is 1. The van der Waals surface area contributed by atoms with E-state index in [0.29, 0.717) is 0 Å². The van der Waals surface area contributed by atoms with Crippen LogP contribution < -0.4 is 0 Å². The number of fused-ring (bicyclic) bond motifs is 3. The summed E-state index contributed by atoms with van der Waals surface area (Å²) in [6.07, 6.45) is 2.20. The molecule has 1 aliphatic carbocycles. The molecule has 0 saturated heterocycles. The molecule has 0 aliphatic heterocycles. The van der Waals surface area contributed by atoms with E-state index >= 15 is 0 Å². The minimum atomic E-state index is 0.0896. The third kappa shape index (κ3) is 1.68. The molecule has 0 atom stereocenters. The first-order valence-corrected chi connectivity index (χ1v) is 6.23. The Hall–Kier alpha value is -1.57. The molecule has 1 aromatic carbocycles. The van der Waals surface area contributed by atoms with Crippen LogP contribution in [0.5, 0.6) is 0 Å². The van der Waals surface area contributed by atoms with Gasteiger partial charge in [0.15, 0.2) is 0 Å². The van der Waals surface area contributed by atoms with Crippen LogP contribution >= 0.6 is 0 Å². The molecule has 1 N–H and O–H groups in total. The van der Waals surface area contributed by atoms with Crippen molar-refractivity contribution in [3.63, 3.8) is 0 Å². The highest BCUT2D eigenvalue weighted by Gasteiger charge is 2.24. The molecule has 88 valence electrons. The lowest BCUT2D eigenvalue weighted by molar-refractivity contribution is 0.551. The predicted octanol–water partition coefficient (Wildman–Crippen LogP) is 3.47. The number of nitrogens with zero attached hydrogens (tertiary/aromatic N) is 1. The van der Waals surface area contributed by atoms with Crippen molar-refractivity contribution in [3.05, 3.63) is 41.3 Å². The maximum absolute atomic E-state index is 4.81. The zero-order valence-corrected chi connectivity index (χ0v) is 10.7. The van der Waals surface area contributed by atoms with Gasteiger partial charge in [0, 0.05) is 16.7 Å². The van der Waals surface area contributed by atoms with Crippen molar-refractivity contribution in [2.24, 2.45) is 0 Å². The Bertz CT molecular complexity index is 559. The van der Waals surface area contributed by atoms with E-state index in [0.717, 1.165) is 24.4 Å². The monoisotopic (exact) mass is 226 g/mol.